The van der Waals surface area contributed by atoms with Gasteiger partial charge >= 0.3 is 0 Å². The second kappa shape index (κ2) is 8.54. The van der Waals surface area contributed by atoms with Gasteiger partial charge in [-0.1, -0.05) is 55.5 Å². The lowest BCUT2D eigenvalue weighted by Crippen LogP contribution is -2.38. The van der Waals surface area contributed by atoms with Gasteiger partial charge in [0.2, 0.25) is 0 Å². The van der Waals surface area contributed by atoms with Crippen LogP contribution in [0.3, 0.4) is 0 Å². The van der Waals surface area contributed by atoms with Crippen LogP contribution >= 0.6 is 0 Å². The largest absolute Gasteiger partial charge is 0.493 e. The van der Waals surface area contributed by atoms with Gasteiger partial charge in [-0.05, 0) is 31.0 Å². The van der Waals surface area contributed by atoms with E-state index in [-0.39, 0.29) is 11.9 Å². The average molecular weight is 363 g/mol. The molecule has 3 aromatic rings. The van der Waals surface area contributed by atoms with Crippen LogP contribution in [0.1, 0.15) is 36.3 Å². The Bertz CT molecular complexity index is 875. The van der Waals surface area contributed by atoms with Gasteiger partial charge < -0.3 is 9.64 Å². The number of carbonyl (C=O) groups excluding carboxylic acids is 1. The number of hydrogen-bond donors (Lipinski definition) is 0. The van der Waals surface area contributed by atoms with E-state index in [1.54, 1.807) is 18.0 Å². The van der Waals surface area contributed by atoms with Crippen LogP contribution in [-0.2, 0) is 6.54 Å². The second-order valence-corrected chi connectivity index (χ2v) is 6.50. The highest BCUT2D eigenvalue weighted by atomic mass is 16.5. The van der Waals surface area contributed by atoms with E-state index in [1.165, 1.54) is 0 Å². The number of ether oxygens (including phenoxy) is 1. The lowest BCUT2D eigenvalue weighted by molar-refractivity contribution is 0.0661. The zero-order valence-corrected chi connectivity index (χ0v) is 16.0. The van der Waals surface area contributed by atoms with Crippen LogP contribution in [0.2, 0.25) is 0 Å². The Balaban J connectivity index is 1.94. The molecular weight excluding hydrogens is 338 g/mol. The number of para-hydroxylation sites is 1. The van der Waals surface area contributed by atoms with E-state index in [4.69, 9.17) is 4.74 Å². The normalized spacial score (nSPS) is 11.8. The first-order valence-electron chi connectivity index (χ1n) is 9.18. The molecule has 27 heavy (non-hydrogen) atoms. The molecule has 0 aliphatic carbocycles. The number of rotatable bonds is 7. The van der Waals surface area contributed by atoms with Gasteiger partial charge in [-0.15, -0.1) is 0 Å². The number of nitrogens with zero attached hydrogens (tertiary/aromatic N) is 3. The molecule has 0 aliphatic heterocycles. The van der Waals surface area contributed by atoms with Crippen molar-refractivity contribution >= 4 is 5.91 Å². The van der Waals surface area contributed by atoms with Crippen molar-refractivity contribution in [2.45, 2.75) is 32.9 Å². The van der Waals surface area contributed by atoms with Crippen molar-refractivity contribution in [3.05, 3.63) is 78.1 Å². The molecule has 1 amide bonds. The Morgan fingerprint density at radius 2 is 1.74 bits per heavy atom. The Hall–Kier alpha value is -3.08. The number of benzene rings is 2. The third kappa shape index (κ3) is 4.19. The van der Waals surface area contributed by atoms with Gasteiger partial charge in [0, 0.05) is 12.6 Å². The third-order valence-electron chi connectivity index (χ3n) is 4.70. The molecule has 0 fully saturated rings. The minimum atomic E-state index is -0.125. The minimum Gasteiger partial charge on any atom is -0.493 e. The smallest absolute Gasteiger partial charge is 0.278 e. The fraction of sp³-hybridized carbons (Fsp3) is 0.273. The van der Waals surface area contributed by atoms with E-state index in [9.17, 15) is 4.79 Å². The van der Waals surface area contributed by atoms with E-state index in [0.29, 0.717) is 18.0 Å². The summed E-state index contributed by atoms with van der Waals surface area (Å²) in [4.78, 5) is 15.2. The van der Waals surface area contributed by atoms with Crippen LogP contribution in [0.5, 0.6) is 5.75 Å². The number of amides is 1. The maximum absolute atomic E-state index is 13.3. The summed E-state index contributed by atoms with van der Waals surface area (Å²) in [7, 11) is 1.56. The predicted octanol–water partition coefficient (Wildman–Crippen LogP) is 4.32. The summed E-state index contributed by atoms with van der Waals surface area (Å²) >= 11 is 0. The molecule has 0 aliphatic rings. The van der Waals surface area contributed by atoms with Gasteiger partial charge in [0.15, 0.2) is 11.4 Å². The zero-order valence-electron chi connectivity index (χ0n) is 16.0. The highest BCUT2D eigenvalue weighted by molar-refractivity contribution is 5.95. The summed E-state index contributed by atoms with van der Waals surface area (Å²) in [6.07, 6.45) is 2.61. The third-order valence-corrected chi connectivity index (χ3v) is 4.70. The Labute approximate surface area is 160 Å². The number of hydrogen-bond acceptors (Lipinski definition) is 3. The van der Waals surface area contributed by atoms with Crippen LogP contribution in [0.15, 0.2) is 66.9 Å². The molecule has 0 saturated heterocycles. The van der Waals surface area contributed by atoms with E-state index >= 15 is 0 Å². The molecule has 5 heteroatoms. The molecule has 1 heterocycles. The maximum Gasteiger partial charge on any atom is 0.278 e. The fourth-order valence-corrected chi connectivity index (χ4v) is 2.93. The first-order valence-corrected chi connectivity index (χ1v) is 9.18. The first kappa shape index (κ1) is 18.7. The van der Waals surface area contributed by atoms with Crippen LogP contribution in [0, 0.1) is 0 Å². The summed E-state index contributed by atoms with van der Waals surface area (Å²) in [6.45, 7) is 4.67. The van der Waals surface area contributed by atoms with Crippen LogP contribution < -0.4 is 4.74 Å². The summed E-state index contributed by atoms with van der Waals surface area (Å²) in [5.74, 6) is 0.352. The molecule has 0 radical (unpaired) electrons. The Kier molecular flexibility index (Phi) is 5.91. The molecule has 2 aromatic carbocycles. The van der Waals surface area contributed by atoms with Crippen molar-refractivity contribution in [3.63, 3.8) is 0 Å². The van der Waals surface area contributed by atoms with Crippen molar-refractivity contribution < 1.29 is 9.53 Å². The van der Waals surface area contributed by atoms with E-state index in [0.717, 1.165) is 17.7 Å². The van der Waals surface area contributed by atoms with Crippen LogP contribution in [-0.4, -0.2) is 33.7 Å². The topological polar surface area (TPSA) is 47.4 Å². The maximum atomic E-state index is 13.3. The summed E-state index contributed by atoms with van der Waals surface area (Å²) in [6, 6.07) is 19.8. The molecule has 1 unspecified atom stereocenters. The van der Waals surface area contributed by atoms with E-state index in [2.05, 4.69) is 18.9 Å². The SMILES string of the molecule is CCC(C)N(Cc1ccccc1)C(=O)c1nn(-c2ccccc2)cc1OC. The average Bonchev–Trinajstić information content (AvgIpc) is 3.17. The number of carbonyl (C=O) groups is 1. The van der Waals surface area contributed by atoms with Crippen molar-refractivity contribution in [2.24, 2.45) is 0 Å². The van der Waals surface area contributed by atoms with Crippen molar-refractivity contribution in [1.82, 2.24) is 14.7 Å². The molecule has 0 N–H and O–H groups in total. The number of methoxy groups -OCH3 is 1. The minimum absolute atomic E-state index is 0.0873. The summed E-state index contributed by atoms with van der Waals surface area (Å²) < 4.78 is 7.14. The van der Waals surface area contributed by atoms with Gasteiger partial charge in [0.05, 0.1) is 19.0 Å². The van der Waals surface area contributed by atoms with Crippen molar-refractivity contribution in [1.29, 1.82) is 0 Å². The van der Waals surface area contributed by atoms with Crippen molar-refractivity contribution in [2.75, 3.05) is 7.11 Å². The number of aromatic nitrogens is 2. The van der Waals surface area contributed by atoms with E-state index in [1.807, 2.05) is 65.6 Å². The van der Waals surface area contributed by atoms with Gasteiger partial charge in [0.1, 0.15) is 0 Å². The monoisotopic (exact) mass is 363 g/mol. The molecule has 1 aromatic heterocycles. The molecule has 0 bridgehead atoms. The Morgan fingerprint density at radius 3 is 2.33 bits per heavy atom. The molecular formula is C22H25N3O2. The summed E-state index contributed by atoms with van der Waals surface area (Å²) in [5, 5.41) is 4.53. The molecule has 0 spiro atoms. The lowest BCUT2D eigenvalue weighted by Gasteiger charge is -2.28. The quantitative estimate of drug-likeness (QED) is 0.628. The van der Waals surface area contributed by atoms with Crippen LogP contribution in [0.25, 0.3) is 5.69 Å². The van der Waals surface area contributed by atoms with Gasteiger partial charge in [-0.2, -0.15) is 5.10 Å². The molecule has 5 nitrogen and oxygen atoms in total. The fourth-order valence-electron chi connectivity index (χ4n) is 2.93. The van der Waals surface area contributed by atoms with E-state index < -0.39 is 0 Å². The molecule has 0 saturated carbocycles. The second-order valence-electron chi connectivity index (χ2n) is 6.50. The molecule has 140 valence electrons. The summed E-state index contributed by atoms with van der Waals surface area (Å²) in [5.41, 5.74) is 2.30. The van der Waals surface area contributed by atoms with Crippen LogP contribution in [0.4, 0.5) is 0 Å². The van der Waals surface area contributed by atoms with Gasteiger partial charge in [-0.3, -0.25) is 4.79 Å². The highest BCUT2D eigenvalue weighted by Crippen LogP contribution is 2.23. The molecule has 3 rings (SSSR count). The Morgan fingerprint density at radius 1 is 1.11 bits per heavy atom. The van der Waals surface area contributed by atoms with Gasteiger partial charge in [0.25, 0.3) is 5.91 Å². The zero-order chi connectivity index (χ0) is 19.2. The lowest BCUT2D eigenvalue weighted by atomic mass is 10.1. The standard InChI is InChI=1S/C22H25N3O2/c1-4-17(2)24(15-18-11-7-5-8-12-18)22(26)21-20(27-3)16-25(23-21)19-13-9-6-10-14-19/h5-14,16-17H,4,15H2,1-3H3. The van der Waals surface area contributed by atoms with Crippen molar-refractivity contribution in [3.8, 4) is 11.4 Å². The first-order chi connectivity index (χ1) is 13.1. The predicted molar refractivity (Wildman–Crippen MR) is 106 cm³/mol. The molecule has 1 atom stereocenters. The van der Waals surface area contributed by atoms with Gasteiger partial charge in [-0.25, -0.2) is 4.68 Å². The highest BCUT2D eigenvalue weighted by Gasteiger charge is 2.27.